The molecule has 3 heteroatoms. The van der Waals surface area contributed by atoms with Crippen molar-refractivity contribution in [2.45, 2.75) is 0 Å². The Bertz CT molecular complexity index is 24.3. The standard InChI is InChI=1S/C3H5OS2/c1-4-2-6-3-5-1/h3H,1-2H2. The van der Waals surface area contributed by atoms with Crippen molar-refractivity contribution in [2.75, 3.05) is 11.9 Å². The zero-order valence-electron chi connectivity index (χ0n) is 3.22. The van der Waals surface area contributed by atoms with Gasteiger partial charge in [-0.05, 0) is 0 Å². The van der Waals surface area contributed by atoms with Crippen LogP contribution in [0.2, 0.25) is 0 Å². The van der Waals surface area contributed by atoms with Gasteiger partial charge in [0.05, 0.1) is 17.0 Å². The summed E-state index contributed by atoms with van der Waals surface area (Å²) in [4.78, 5) is 0. The molecule has 1 fully saturated rings. The van der Waals surface area contributed by atoms with E-state index in [2.05, 4.69) is 5.08 Å². The highest BCUT2D eigenvalue weighted by atomic mass is 32.2. The summed E-state index contributed by atoms with van der Waals surface area (Å²) in [6.07, 6.45) is 0. The SMILES string of the molecule is [CH]1SCOCS1. The average molecular weight is 121 g/mol. The minimum atomic E-state index is 0.840. The first-order chi connectivity index (χ1) is 3.00. The van der Waals surface area contributed by atoms with Crippen molar-refractivity contribution < 1.29 is 4.74 Å². The third-order valence-electron chi connectivity index (χ3n) is 0.439. The molecule has 6 heavy (non-hydrogen) atoms. The Kier molecular flexibility index (Phi) is 2.22. The fraction of sp³-hybridized carbons (Fsp3) is 0.667. The van der Waals surface area contributed by atoms with Crippen molar-refractivity contribution in [3.05, 3.63) is 5.08 Å². The summed E-state index contributed by atoms with van der Waals surface area (Å²) in [5.74, 6) is 1.68. The monoisotopic (exact) mass is 121 g/mol. The Balaban J connectivity index is 2.00. The molecule has 0 aromatic heterocycles. The third kappa shape index (κ3) is 1.41. The molecule has 1 saturated heterocycles. The van der Waals surface area contributed by atoms with Crippen LogP contribution in [-0.4, -0.2) is 11.9 Å². The van der Waals surface area contributed by atoms with Crippen molar-refractivity contribution in [1.29, 1.82) is 0 Å². The van der Waals surface area contributed by atoms with E-state index in [0.29, 0.717) is 0 Å². The Morgan fingerprint density at radius 1 is 1.33 bits per heavy atom. The Hall–Kier alpha value is 0.660. The van der Waals surface area contributed by atoms with Crippen molar-refractivity contribution in [3.8, 4) is 0 Å². The molecule has 0 atom stereocenters. The molecule has 35 valence electrons. The van der Waals surface area contributed by atoms with Crippen LogP contribution in [0.5, 0.6) is 0 Å². The molecule has 1 aliphatic heterocycles. The summed E-state index contributed by atoms with van der Waals surface area (Å²) in [6, 6.07) is 0. The first-order valence-electron chi connectivity index (χ1n) is 1.63. The predicted molar refractivity (Wildman–Crippen MR) is 30.3 cm³/mol. The van der Waals surface area contributed by atoms with Gasteiger partial charge in [0.2, 0.25) is 0 Å². The van der Waals surface area contributed by atoms with Gasteiger partial charge < -0.3 is 4.74 Å². The molecule has 1 radical (unpaired) electrons. The summed E-state index contributed by atoms with van der Waals surface area (Å²) in [6.45, 7) is 0. The summed E-state index contributed by atoms with van der Waals surface area (Å²) >= 11 is 3.42. The summed E-state index contributed by atoms with van der Waals surface area (Å²) in [5, 5.41) is 2.10. The highest BCUT2D eigenvalue weighted by molar-refractivity contribution is 8.19. The molecule has 0 bridgehead atoms. The van der Waals surface area contributed by atoms with Crippen LogP contribution >= 0.6 is 23.5 Å². The number of rotatable bonds is 0. The smallest absolute Gasteiger partial charge is 0.0944 e. The topological polar surface area (TPSA) is 9.23 Å². The van der Waals surface area contributed by atoms with Crippen LogP contribution in [0.25, 0.3) is 0 Å². The highest BCUT2D eigenvalue weighted by Gasteiger charge is 1.96. The van der Waals surface area contributed by atoms with E-state index >= 15 is 0 Å². The van der Waals surface area contributed by atoms with E-state index in [4.69, 9.17) is 4.74 Å². The van der Waals surface area contributed by atoms with E-state index in [1.807, 2.05) is 0 Å². The minimum absolute atomic E-state index is 0.840. The van der Waals surface area contributed by atoms with Crippen LogP contribution < -0.4 is 0 Å². The molecule has 0 aliphatic carbocycles. The van der Waals surface area contributed by atoms with Gasteiger partial charge >= 0.3 is 0 Å². The molecule has 1 nitrogen and oxygen atoms in total. The minimum Gasteiger partial charge on any atom is -0.360 e. The lowest BCUT2D eigenvalue weighted by Crippen LogP contribution is -1.92. The molecule has 0 saturated carbocycles. The van der Waals surface area contributed by atoms with Crippen LogP contribution in [0, 0.1) is 5.08 Å². The van der Waals surface area contributed by atoms with Crippen molar-refractivity contribution in [3.63, 3.8) is 0 Å². The number of hydrogen-bond acceptors (Lipinski definition) is 3. The van der Waals surface area contributed by atoms with E-state index in [-0.39, 0.29) is 0 Å². The van der Waals surface area contributed by atoms with E-state index in [1.165, 1.54) is 0 Å². The Morgan fingerprint density at radius 3 is 2.17 bits per heavy atom. The second-order valence-corrected chi connectivity index (χ2v) is 2.78. The van der Waals surface area contributed by atoms with Gasteiger partial charge in [-0.1, -0.05) is 0 Å². The van der Waals surface area contributed by atoms with Gasteiger partial charge in [-0.2, -0.15) is 0 Å². The van der Waals surface area contributed by atoms with Crippen LogP contribution in [0.3, 0.4) is 0 Å². The van der Waals surface area contributed by atoms with Gasteiger partial charge in [-0.25, -0.2) is 0 Å². The lowest BCUT2D eigenvalue weighted by atomic mass is 11.5. The molecule has 0 N–H and O–H groups in total. The Labute approximate surface area is 45.8 Å². The first kappa shape index (κ1) is 4.81. The van der Waals surface area contributed by atoms with Gasteiger partial charge in [0, 0.05) is 0 Å². The molecule has 0 spiro atoms. The van der Waals surface area contributed by atoms with E-state index in [0.717, 1.165) is 11.9 Å². The first-order valence-corrected chi connectivity index (χ1v) is 3.72. The second-order valence-electron chi connectivity index (χ2n) is 0.869. The third-order valence-corrected chi connectivity index (χ3v) is 2.13. The average Bonchev–Trinajstić information content (AvgIpc) is 1.72. The normalized spacial score (nSPS) is 24.0. The molecule has 1 heterocycles. The molecule has 1 rings (SSSR count). The van der Waals surface area contributed by atoms with Gasteiger partial charge in [-0.3, -0.25) is 0 Å². The summed E-state index contributed by atoms with van der Waals surface area (Å²) in [5.41, 5.74) is 0. The molecular weight excluding hydrogens is 116 g/mol. The molecule has 0 amide bonds. The Morgan fingerprint density at radius 2 is 2.00 bits per heavy atom. The largest absolute Gasteiger partial charge is 0.360 e. The van der Waals surface area contributed by atoms with Crippen LogP contribution in [0.15, 0.2) is 0 Å². The van der Waals surface area contributed by atoms with Crippen LogP contribution in [0.1, 0.15) is 0 Å². The maximum absolute atomic E-state index is 4.96. The van der Waals surface area contributed by atoms with Crippen LogP contribution in [0.4, 0.5) is 0 Å². The molecule has 0 unspecified atom stereocenters. The fourth-order valence-electron chi connectivity index (χ4n) is 0.234. The molecule has 0 aromatic rings. The number of ether oxygens (including phenoxy) is 1. The van der Waals surface area contributed by atoms with Gasteiger partial charge in [0.15, 0.2) is 0 Å². The van der Waals surface area contributed by atoms with E-state index < -0.39 is 0 Å². The molecular formula is C3H5OS2. The van der Waals surface area contributed by atoms with Gasteiger partial charge in [-0.15, -0.1) is 23.5 Å². The van der Waals surface area contributed by atoms with E-state index in [1.54, 1.807) is 23.5 Å². The van der Waals surface area contributed by atoms with E-state index in [9.17, 15) is 0 Å². The fourth-order valence-corrected chi connectivity index (χ4v) is 1.53. The number of thioether (sulfide) groups is 2. The highest BCUT2D eigenvalue weighted by Crippen LogP contribution is 2.23. The summed E-state index contributed by atoms with van der Waals surface area (Å²) in [7, 11) is 0. The lowest BCUT2D eigenvalue weighted by Gasteiger charge is -2.06. The summed E-state index contributed by atoms with van der Waals surface area (Å²) < 4.78 is 4.96. The quantitative estimate of drug-likeness (QED) is 0.481. The maximum atomic E-state index is 4.96. The molecule has 1 aliphatic rings. The zero-order valence-corrected chi connectivity index (χ0v) is 4.85. The predicted octanol–water partition coefficient (Wildman–Crippen LogP) is 1.52. The number of hydrogen-bond donors (Lipinski definition) is 0. The molecule has 0 aromatic carbocycles. The van der Waals surface area contributed by atoms with Crippen molar-refractivity contribution in [1.82, 2.24) is 0 Å². The lowest BCUT2D eigenvalue weighted by molar-refractivity contribution is 0.239. The maximum Gasteiger partial charge on any atom is 0.0944 e. The van der Waals surface area contributed by atoms with Crippen LogP contribution in [-0.2, 0) is 4.74 Å². The van der Waals surface area contributed by atoms with Crippen molar-refractivity contribution >= 4 is 23.5 Å². The second kappa shape index (κ2) is 2.77. The van der Waals surface area contributed by atoms with Gasteiger partial charge in [0.1, 0.15) is 0 Å². The van der Waals surface area contributed by atoms with Gasteiger partial charge in [0.25, 0.3) is 0 Å². The zero-order chi connectivity index (χ0) is 4.24. The van der Waals surface area contributed by atoms with Crippen molar-refractivity contribution in [2.24, 2.45) is 0 Å².